The number of nitrogens with zero attached hydrogens (tertiary/aromatic N) is 1. The van der Waals surface area contributed by atoms with E-state index in [9.17, 15) is 23.2 Å². The van der Waals surface area contributed by atoms with Gasteiger partial charge in [0, 0.05) is 30.6 Å². The van der Waals surface area contributed by atoms with E-state index in [2.05, 4.69) is 20.6 Å². The standard InChI is InChI=1S/C25H21F2N5O3/c26-18-7-5-14(11-19(18)27)12-21(32-25(35)20-2-1-3-22(33)31-20)24(34)30-13-15-4-6-17-16(10-15)8-9-29-23(17)28/h1-11,21H,12-13H2,(H2,28,29)(H,30,34)(H,31,33)(H,32,35)/t21-/m0/s1. The van der Waals surface area contributed by atoms with Crippen LogP contribution in [0.2, 0.25) is 0 Å². The maximum atomic E-state index is 13.7. The lowest BCUT2D eigenvalue weighted by atomic mass is 10.0. The number of halogens is 2. The molecule has 0 unspecified atom stereocenters. The van der Waals surface area contributed by atoms with Crippen LogP contribution in [0.4, 0.5) is 14.6 Å². The number of carbonyl (C=O) groups excluding carboxylic acids is 2. The predicted molar refractivity (Wildman–Crippen MR) is 126 cm³/mol. The van der Waals surface area contributed by atoms with Crippen molar-refractivity contribution in [3.05, 3.63) is 106 Å². The van der Waals surface area contributed by atoms with Crippen molar-refractivity contribution < 1.29 is 18.4 Å². The number of fused-ring (bicyclic) bond motifs is 1. The zero-order valence-corrected chi connectivity index (χ0v) is 18.3. The van der Waals surface area contributed by atoms with E-state index >= 15 is 0 Å². The third-order valence-corrected chi connectivity index (χ3v) is 5.39. The number of aromatic amines is 1. The van der Waals surface area contributed by atoms with Gasteiger partial charge in [-0.05, 0) is 46.8 Å². The van der Waals surface area contributed by atoms with Crippen molar-refractivity contribution in [3.63, 3.8) is 0 Å². The summed E-state index contributed by atoms with van der Waals surface area (Å²) in [6.07, 6.45) is 1.48. The molecular formula is C25H21F2N5O3. The molecule has 0 radical (unpaired) electrons. The summed E-state index contributed by atoms with van der Waals surface area (Å²) >= 11 is 0. The number of nitrogens with two attached hydrogens (primary N) is 1. The lowest BCUT2D eigenvalue weighted by Crippen LogP contribution is -2.48. The summed E-state index contributed by atoms with van der Waals surface area (Å²) in [4.78, 5) is 43.7. The van der Waals surface area contributed by atoms with E-state index in [0.717, 1.165) is 28.5 Å². The van der Waals surface area contributed by atoms with Gasteiger partial charge in [-0.1, -0.05) is 24.3 Å². The Morgan fingerprint density at radius 3 is 2.57 bits per heavy atom. The first-order valence-electron chi connectivity index (χ1n) is 10.6. The minimum atomic E-state index is -1.13. The summed E-state index contributed by atoms with van der Waals surface area (Å²) in [6, 6.07) is 13.4. The fourth-order valence-electron chi connectivity index (χ4n) is 3.60. The Kier molecular flexibility index (Phi) is 6.81. The SMILES string of the molecule is Nc1nccc2cc(CNC(=O)[C@H](Cc3ccc(F)c(F)c3)NC(=O)c3cccc(=O)[nH]3)ccc12. The van der Waals surface area contributed by atoms with Crippen molar-refractivity contribution in [2.75, 3.05) is 5.73 Å². The van der Waals surface area contributed by atoms with Crippen LogP contribution in [0.3, 0.4) is 0 Å². The quantitative estimate of drug-likeness (QED) is 0.325. The number of benzene rings is 2. The molecule has 0 fully saturated rings. The highest BCUT2D eigenvalue weighted by atomic mass is 19.2. The second-order valence-electron chi connectivity index (χ2n) is 7.88. The van der Waals surface area contributed by atoms with Gasteiger partial charge in [-0.15, -0.1) is 0 Å². The molecule has 178 valence electrons. The van der Waals surface area contributed by atoms with Crippen molar-refractivity contribution in [1.82, 2.24) is 20.6 Å². The lowest BCUT2D eigenvalue weighted by molar-refractivity contribution is -0.123. The zero-order chi connectivity index (χ0) is 24.9. The van der Waals surface area contributed by atoms with Crippen LogP contribution in [0.15, 0.2) is 71.7 Å². The fraction of sp³-hybridized carbons (Fsp3) is 0.120. The summed E-state index contributed by atoms with van der Waals surface area (Å²) in [5, 5.41) is 6.94. The van der Waals surface area contributed by atoms with Gasteiger partial charge in [0.2, 0.25) is 11.5 Å². The number of hydrogen-bond acceptors (Lipinski definition) is 5. The van der Waals surface area contributed by atoms with E-state index in [-0.39, 0.29) is 18.7 Å². The van der Waals surface area contributed by atoms with Crippen molar-refractivity contribution in [2.45, 2.75) is 19.0 Å². The molecule has 0 aliphatic carbocycles. The third kappa shape index (κ3) is 5.67. The number of H-pyrrole nitrogens is 1. The molecule has 1 atom stereocenters. The molecule has 0 aliphatic rings. The molecule has 8 nitrogen and oxygen atoms in total. The highest BCUT2D eigenvalue weighted by molar-refractivity contribution is 5.96. The van der Waals surface area contributed by atoms with E-state index in [1.807, 2.05) is 6.07 Å². The summed E-state index contributed by atoms with van der Waals surface area (Å²) in [5.41, 5.74) is 6.44. The highest BCUT2D eigenvalue weighted by Crippen LogP contribution is 2.20. The molecule has 0 spiro atoms. The maximum Gasteiger partial charge on any atom is 0.268 e. The Bertz CT molecular complexity index is 1470. The summed E-state index contributed by atoms with van der Waals surface area (Å²) in [5.74, 6) is -2.93. The lowest BCUT2D eigenvalue weighted by Gasteiger charge is -2.19. The van der Waals surface area contributed by atoms with Gasteiger partial charge in [0.1, 0.15) is 17.6 Å². The number of aromatic nitrogens is 2. The molecule has 4 aromatic rings. The van der Waals surface area contributed by atoms with E-state index in [1.165, 1.54) is 24.3 Å². The highest BCUT2D eigenvalue weighted by Gasteiger charge is 2.23. The van der Waals surface area contributed by atoms with Crippen molar-refractivity contribution in [2.24, 2.45) is 0 Å². The molecule has 2 amide bonds. The number of nitrogens with one attached hydrogen (secondary N) is 3. The minimum absolute atomic E-state index is 0.0404. The Morgan fingerprint density at radius 1 is 1.00 bits per heavy atom. The van der Waals surface area contributed by atoms with Gasteiger partial charge in [0.15, 0.2) is 11.6 Å². The van der Waals surface area contributed by atoms with Crippen LogP contribution in [-0.2, 0) is 17.8 Å². The Morgan fingerprint density at radius 2 is 1.80 bits per heavy atom. The molecule has 4 rings (SSSR count). The molecule has 2 heterocycles. The molecule has 0 saturated heterocycles. The van der Waals surface area contributed by atoms with Gasteiger partial charge < -0.3 is 21.4 Å². The number of amides is 2. The molecule has 2 aromatic heterocycles. The average molecular weight is 477 g/mol. The van der Waals surface area contributed by atoms with Crippen LogP contribution in [0.25, 0.3) is 10.8 Å². The van der Waals surface area contributed by atoms with Gasteiger partial charge in [-0.2, -0.15) is 0 Å². The second kappa shape index (κ2) is 10.1. The number of pyridine rings is 2. The maximum absolute atomic E-state index is 13.7. The Labute approximate surface area is 198 Å². The topological polar surface area (TPSA) is 130 Å². The van der Waals surface area contributed by atoms with E-state index in [0.29, 0.717) is 11.4 Å². The molecule has 2 aromatic carbocycles. The summed E-state index contributed by atoms with van der Waals surface area (Å²) in [6.45, 7) is 0.142. The minimum Gasteiger partial charge on any atom is -0.383 e. The molecule has 10 heteroatoms. The first-order valence-corrected chi connectivity index (χ1v) is 10.6. The molecule has 0 aliphatic heterocycles. The summed E-state index contributed by atoms with van der Waals surface area (Å²) < 4.78 is 27.1. The Hall–Kier alpha value is -4.60. The van der Waals surface area contributed by atoms with Gasteiger partial charge in [0.05, 0.1) is 0 Å². The number of hydrogen-bond donors (Lipinski definition) is 4. The normalized spacial score (nSPS) is 11.7. The van der Waals surface area contributed by atoms with Crippen molar-refractivity contribution in [1.29, 1.82) is 0 Å². The van der Waals surface area contributed by atoms with Crippen LogP contribution in [0, 0.1) is 11.6 Å². The van der Waals surface area contributed by atoms with Crippen LogP contribution in [0.1, 0.15) is 21.6 Å². The second-order valence-corrected chi connectivity index (χ2v) is 7.88. The van der Waals surface area contributed by atoms with Crippen molar-refractivity contribution >= 4 is 28.4 Å². The number of nitrogen functional groups attached to an aromatic ring is 1. The fourth-order valence-corrected chi connectivity index (χ4v) is 3.60. The molecule has 35 heavy (non-hydrogen) atoms. The molecule has 0 bridgehead atoms. The zero-order valence-electron chi connectivity index (χ0n) is 18.3. The van der Waals surface area contributed by atoms with Gasteiger partial charge in [-0.3, -0.25) is 14.4 Å². The first-order chi connectivity index (χ1) is 16.8. The van der Waals surface area contributed by atoms with E-state index < -0.39 is 35.0 Å². The average Bonchev–Trinajstić information content (AvgIpc) is 2.84. The molecule has 0 saturated carbocycles. The van der Waals surface area contributed by atoms with E-state index in [1.54, 1.807) is 24.4 Å². The monoisotopic (exact) mass is 477 g/mol. The van der Waals surface area contributed by atoms with Gasteiger partial charge in [-0.25, -0.2) is 13.8 Å². The number of carbonyl (C=O) groups is 2. The van der Waals surface area contributed by atoms with Crippen LogP contribution >= 0.6 is 0 Å². The first kappa shape index (κ1) is 23.6. The van der Waals surface area contributed by atoms with Gasteiger partial charge in [0.25, 0.3) is 5.91 Å². The largest absolute Gasteiger partial charge is 0.383 e. The Balaban J connectivity index is 1.53. The molecular weight excluding hydrogens is 456 g/mol. The number of rotatable bonds is 7. The number of anilines is 1. The van der Waals surface area contributed by atoms with Crippen LogP contribution < -0.4 is 21.9 Å². The molecule has 5 N–H and O–H groups in total. The van der Waals surface area contributed by atoms with Gasteiger partial charge >= 0.3 is 0 Å². The smallest absolute Gasteiger partial charge is 0.268 e. The van der Waals surface area contributed by atoms with Crippen LogP contribution in [-0.4, -0.2) is 27.8 Å². The van der Waals surface area contributed by atoms with Crippen molar-refractivity contribution in [3.8, 4) is 0 Å². The third-order valence-electron chi connectivity index (χ3n) is 5.39. The van der Waals surface area contributed by atoms with Crippen LogP contribution in [0.5, 0.6) is 0 Å². The van der Waals surface area contributed by atoms with E-state index in [4.69, 9.17) is 5.73 Å². The predicted octanol–water partition coefficient (Wildman–Crippen LogP) is 2.44. The summed E-state index contributed by atoms with van der Waals surface area (Å²) in [7, 11) is 0.